The second kappa shape index (κ2) is 3.08. The summed E-state index contributed by atoms with van der Waals surface area (Å²) in [5.74, 6) is 0. The molecule has 0 saturated heterocycles. The Labute approximate surface area is 52.3 Å². The first kappa shape index (κ1) is 7.96. The lowest BCUT2D eigenvalue weighted by Gasteiger charge is -2.19. The highest BCUT2D eigenvalue weighted by Crippen LogP contribution is 2.13. The normalized spacial score (nSPS) is 18.0. The van der Waals surface area contributed by atoms with Crippen LogP contribution >= 0.6 is 0 Å². The Hall–Kier alpha value is -0.0400. The van der Waals surface area contributed by atoms with E-state index in [0.717, 1.165) is 19.3 Å². The highest BCUT2D eigenvalue weighted by atomic mass is 14.7. The molecule has 0 aliphatic carbocycles. The van der Waals surface area contributed by atoms with Crippen molar-refractivity contribution >= 4 is 0 Å². The molecule has 0 aliphatic rings. The van der Waals surface area contributed by atoms with Crippen molar-refractivity contribution in [2.75, 3.05) is 0 Å². The topological polar surface area (TPSA) is 23.8 Å². The Kier molecular flexibility index (Phi) is 3.06. The SMILES string of the molecule is CCCC(C)([NH])CC. The van der Waals surface area contributed by atoms with Gasteiger partial charge < -0.3 is 0 Å². The van der Waals surface area contributed by atoms with Crippen molar-refractivity contribution in [1.29, 1.82) is 0 Å². The average molecular weight is 114 g/mol. The molecule has 0 heterocycles. The lowest BCUT2D eigenvalue weighted by atomic mass is 9.95. The average Bonchev–Trinajstić information content (AvgIpc) is 1.67. The standard InChI is InChI=1S/C7H16N/c1-4-6-7(3,8)5-2/h8H,4-6H2,1-3H3. The zero-order chi connectivity index (χ0) is 6.62. The van der Waals surface area contributed by atoms with E-state index >= 15 is 0 Å². The van der Waals surface area contributed by atoms with E-state index in [0.29, 0.717) is 0 Å². The van der Waals surface area contributed by atoms with Crippen LogP contribution in [0.3, 0.4) is 0 Å². The Balaban J connectivity index is 3.37. The maximum atomic E-state index is 7.57. The molecular formula is C7H16N. The van der Waals surface area contributed by atoms with E-state index in [1.54, 1.807) is 0 Å². The van der Waals surface area contributed by atoms with Gasteiger partial charge in [0, 0.05) is 5.54 Å². The summed E-state index contributed by atoms with van der Waals surface area (Å²) in [5, 5.41) is 0. The van der Waals surface area contributed by atoms with E-state index in [1.165, 1.54) is 0 Å². The molecule has 1 atom stereocenters. The summed E-state index contributed by atoms with van der Waals surface area (Å²) in [6.45, 7) is 6.20. The predicted octanol–water partition coefficient (Wildman–Crippen LogP) is 2.24. The molecule has 0 aromatic heterocycles. The largest absolute Gasteiger partial charge is 0.251 e. The van der Waals surface area contributed by atoms with Crippen LogP contribution in [0.5, 0.6) is 0 Å². The molecule has 0 aromatic carbocycles. The van der Waals surface area contributed by atoms with Gasteiger partial charge >= 0.3 is 0 Å². The monoisotopic (exact) mass is 114 g/mol. The van der Waals surface area contributed by atoms with Gasteiger partial charge in [-0.25, -0.2) is 0 Å². The predicted molar refractivity (Wildman–Crippen MR) is 36.7 cm³/mol. The fourth-order valence-corrected chi connectivity index (χ4v) is 0.729. The molecule has 1 nitrogen and oxygen atoms in total. The summed E-state index contributed by atoms with van der Waals surface area (Å²) in [5.41, 5.74) is 7.42. The van der Waals surface area contributed by atoms with Crippen molar-refractivity contribution in [1.82, 2.24) is 5.73 Å². The zero-order valence-electron chi connectivity index (χ0n) is 6.12. The molecule has 0 aromatic rings. The van der Waals surface area contributed by atoms with Gasteiger partial charge in [0.05, 0.1) is 0 Å². The molecule has 0 aliphatic heterocycles. The van der Waals surface area contributed by atoms with Gasteiger partial charge in [0.2, 0.25) is 0 Å². The summed E-state index contributed by atoms with van der Waals surface area (Å²) in [4.78, 5) is 0. The van der Waals surface area contributed by atoms with Crippen LogP contribution in [-0.2, 0) is 0 Å². The Morgan fingerprint density at radius 2 is 1.88 bits per heavy atom. The van der Waals surface area contributed by atoms with Gasteiger partial charge in [-0.2, -0.15) is 0 Å². The van der Waals surface area contributed by atoms with Crippen LogP contribution in [0.4, 0.5) is 0 Å². The molecule has 8 heavy (non-hydrogen) atoms. The van der Waals surface area contributed by atoms with Crippen LogP contribution in [0.1, 0.15) is 40.0 Å². The molecule has 49 valence electrons. The van der Waals surface area contributed by atoms with Gasteiger partial charge in [0.15, 0.2) is 0 Å². The Morgan fingerprint density at radius 1 is 1.38 bits per heavy atom. The van der Waals surface area contributed by atoms with E-state index in [9.17, 15) is 0 Å². The third kappa shape index (κ3) is 3.03. The van der Waals surface area contributed by atoms with Gasteiger partial charge in [0.25, 0.3) is 0 Å². The first-order chi connectivity index (χ1) is 3.62. The molecule has 1 unspecified atom stereocenters. The van der Waals surface area contributed by atoms with Crippen LogP contribution in [0.2, 0.25) is 0 Å². The van der Waals surface area contributed by atoms with Gasteiger partial charge in [-0.05, 0) is 19.8 Å². The molecule has 0 rings (SSSR count). The van der Waals surface area contributed by atoms with E-state index in [4.69, 9.17) is 5.73 Å². The fraction of sp³-hybridized carbons (Fsp3) is 1.00. The third-order valence-electron chi connectivity index (χ3n) is 1.58. The molecule has 0 bridgehead atoms. The van der Waals surface area contributed by atoms with Crippen molar-refractivity contribution in [2.45, 2.75) is 45.6 Å². The van der Waals surface area contributed by atoms with Crippen LogP contribution < -0.4 is 5.73 Å². The van der Waals surface area contributed by atoms with Gasteiger partial charge in [-0.1, -0.05) is 20.3 Å². The maximum absolute atomic E-state index is 7.57. The minimum Gasteiger partial charge on any atom is -0.251 e. The lowest BCUT2D eigenvalue weighted by Crippen LogP contribution is -2.24. The highest BCUT2D eigenvalue weighted by molar-refractivity contribution is 4.73. The number of hydrogen-bond acceptors (Lipinski definition) is 0. The minimum absolute atomic E-state index is 0.158. The van der Waals surface area contributed by atoms with Gasteiger partial charge in [-0.3, -0.25) is 5.73 Å². The molecule has 0 fully saturated rings. The summed E-state index contributed by atoms with van der Waals surface area (Å²) >= 11 is 0. The zero-order valence-corrected chi connectivity index (χ0v) is 6.12. The van der Waals surface area contributed by atoms with Crippen molar-refractivity contribution in [2.24, 2.45) is 0 Å². The van der Waals surface area contributed by atoms with Crippen molar-refractivity contribution in [3.8, 4) is 0 Å². The molecule has 1 radical (unpaired) electrons. The van der Waals surface area contributed by atoms with Crippen molar-refractivity contribution < 1.29 is 0 Å². The Bertz CT molecular complexity index is 57.4. The van der Waals surface area contributed by atoms with Crippen LogP contribution in [0, 0.1) is 0 Å². The second-order valence-electron chi connectivity index (χ2n) is 2.66. The molecule has 0 amide bonds. The van der Waals surface area contributed by atoms with Crippen LogP contribution in [0.15, 0.2) is 0 Å². The van der Waals surface area contributed by atoms with Crippen molar-refractivity contribution in [3.05, 3.63) is 0 Å². The van der Waals surface area contributed by atoms with Gasteiger partial charge in [0.1, 0.15) is 0 Å². The molecule has 1 N–H and O–H groups in total. The third-order valence-corrected chi connectivity index (χ3v) is 1.58. The lowest BCUT2D eigenvalue weighted by molar-refractivity contribution is 0.399. The van der Waals surface area contributed by atoms with Crippen LogP contribution in [0.25, 0.3) is 0 Å². The maximum Gasteiger partial charge on any atom is 0.0293 e. The van der Waals surface area contributed by atoms with Crippen molar-refractivity contribution in [3.63, 3.8) is 0 Å². The second-order valence-corrected chi connectivity index (χ2v) is 2.66. The smallest absolute Gasteiger partial charge is 0.0293 e. The summed E-state index contributed by atoms with van der Waals surface area (Å²) < 4.78 is 0. The Morgan fingerprint density at radius 3 is 2.00 bits per heavy atom. The van der Waals surface area contributed by atoms with E-state index < -0.39 is 0 Å². The molecule has 0 spiro atoms. The quantitative estimate of drug-likeness (QED) is 0.537. The fourth-order valence-electron chi connectivity index (χ4n) is 0.729. The number of rotatable bonds is 3. The number of hydrogen-bond donors (Lipinski definition) is 0. The van der Waals surface area contributed by atoms with E-state index in [1.807, 2.05) is 6.92 Å². The summed E-state index contributed by atoms with van der Waals surface area (Å²) in [7, 11) is 0. The van der Waals surface area contributed by atoms with E-state index in [-0.39, 0.29) is 5.54 Å². The van der Waals surface area contributed by atoms with E-state index in [2.05, 4.69) is 13.8 Å². The first-order valence-corrected chi connectivity index (χ1v) is 3.37. The van der Waals surface area contributed by atoms with Crippen LogP contribution in [-0.4, -0.2) is 5.54 Å². The molecule has 0 saturated carbocycles. The summed E-state index contributed by atoms with van der Waals surface area (Å²) in [6, 6.07) is 0. The molecule has 1 heteroatoms. The number of nitrogens with one attached hydrogen (secondary N) is 1. The summed E-state index contributed by atoms with van der Waals surface area (Å²) in [6.07, 6.45) is 3.14. The van der Waals surface area contributed by atoms with Gasteiger partial charge in [-0.15, -0.1) is 0 Å². The minimum atomic E-state index is -0.158. The first-order valence-electron chi connectivity index (χ1n) is 3.37. The highest BCUT2D eigenvalue weighted by Gasteiger charge is 2.13. The molecular weight excluding hydrogens is 98.1 g/mol.